The molecule has 5 nitrogen and oxygen atoms in total. The quantitative estimate of drug-likeness (QED) is 0.906. The number of carbonyl (C=O) groups is 1. The third kappa shape index (κ3) is 4.02. The van der Waals surface area contributed by atoms with Crippen molar-refractivity contribution in [3.63, 3.8) is 0 Å². The van der Waals surface area contributed by atoms with Crippen molar-refractivity contribution in [2.24, 2.45) is 5.92 Å². The van der Waals surface area contributed by atoms with Gasteiger partial charge in [0, 0.05) is 42.9 Å². The van der Waals surface area contributed by atoms with E-state index in [9.17, 15) is 9.90 Å². The molecule has 2 aliphatic rings. The molecule has 6 heteroatoms. The molecule has 24 heavy (non-hydrogen) atoms. The van der Waals surface area contributed by atoms with Crippen LogP contribution in [0.3, 0.4) is 0 Å². The van der Waals surface area contributed by atoms with Gasteiger partial charge in [0.2, 0.25) is 0 Å². The SMILES string of the molecule is Cc1ccc(N2CCC(N3CCOCC(C(=O)O)C3)CC2)cc1Cl. The molecule has 2 saturated heterocycles. The molecule has 2 heterocycles. The van der Waals surface area contributed by atoms with Crippen LogP contribution in [-0.2, 0) is 9.53 Å². The first-order chi connectivity index (χ1) is 11.5. The van der Waals surface area contributed by atoms with Crippen LogP contribution >= 0.6 is 11.6 Å². The molecule has 0 spiro atoms. The highest BCUT2D eigenvalue weighted by atomic mass is 35.5. The van der Waals surface area contributed by atoms with Gasteiger partial charge < -0.3 is 14.7 Å². The number of nitrogens with zero attached hydrogens (tertiary/aromatic N) is 2. The predicted octanol–water partition coefficient (Wildman–Crippen LogP) is 2.65. The molecule has 0 aromatic heterocycles. The van der Waals surface area contributed by atoms with Crippen LogP contribution in [0, 0.1) is 12.8 Å². The van der Waals surface area contributed by atoms with E-state index in [1.807, 2.05) is 13.0 Å². The van der Waals surface area contributed by atoms with Gasteiger partial charge in [0.15, 0.2) is 0 Å². The summed E-state index contributed by atoms with van der Waals surface area (Å²) in [6.07, 6.45) is 2.08. The zero-order valence-electron chi connectivity index (χ0n) is 14.1. The van der Waals surface area contributed by atoms with Gasteiger partial charge in [-0.15, -0.1) is 0 Å². The molecule has 1 aromatic rings. The molecule has 1 N–H and O–H groups in total. The number of carboxylic acid groups (broad SMARTS) is 1. The van der Waals surface area contributed by atoms with E-state index in [0.29, 0.717) is 25.8 Å². The Bertz CT molecular complexity index is 588. The molecule has 0 bridgehead atoms. The Balaban J connectivity index is 1.59. The minimum atomic E-state index is -0.756. The molecule has 1 unspecified atom stereocenters. The van der Waals surface area contributed by atoms with E-state index in [0.717, 1.165) is 43.1 Å². The number of carboxylic acids is 1. The Hall–Kier alpha value is -1.30. The number of halogens is 1. The van der Waals surface area contributed by atoms with Crippen LogP contribution in [-0.4, -0.2) is 61.4 Å². The highest BCUT2D eigenvalue weighted by molar-refractivity contribution is 6.31. The smallest absolute Gasteiger partial charge is 0.310 e. The topological polar surface area (TPSA) is 53.0 Å². The van der Waals surface area contributed by atoms with Crippen LogP contribution in [0.1, 0.15) is 18.4 Å². The minimum Gasteiger partial charge on any atom is -0.481 e. The number of hydrogen-bond donors (Lipinski definition) is 1. The highest BCUT2D eigenvalue weighted by Crippen LogP contribution is 2.27. The first-order valence-electron chi connectivity index (χ1n) is 8.60. The fourth-order valence-corrected chi connectivity index (χ4v) is 3.76. The Morgan fingerprint density at radius 3 is 2.71 bits per heavy atom. The maximum Gasteiger partial charge on any atom is 0.310 e. The molecule has 0 radical (unpaired) electrons. The largest absolute Gasteiger partial charge is 0.481 e. The maximum atomic E-state index is 11.3. The van der Waals surface area contributed by atoms with E-state index in [1.54, 1.807) is 0 Å². The van der Waals surface area contributed by atoms with Gasteiger partial charge in [-0.05, 0) is 37.5 Å². The number of ether oxygens (including phenoxy) is 1. The fraction of sp³-hybridized carbons (Fsp3) is 0.611. The number of benzene rings is 1. The van der Waals surface area contributed by atoms with Crippen molar-refractivity contribution in [1.82, 2.24) is 4.90 Å². The monoisotopic (exact) mass is 352 g/mol. The van der Waals surface area contributed by atoms with Crippen LogP contribution < -0.4 is 4.90 Å². The van der Waals surface area contributed by atoms with Gasteiger partial charge in [-0.3, -0.25) is 9.69 Å². The average molecular weight is 353 g/mol. The Labute approximate surface area is 148 Å². The molecule has 1 aromatic carbocycles. The lowest BCUT2D eigenvalue weighted by Gasteiger charge is -2.39. The lowest BCUT2D eigenvalue weighted by Crippen LogP contribution is -2.47. The van der Waals surface area contributed by atoms with Crippen molar-refractivity contribution in [3.05, 3.63) is 28.8 Å². The molecule has 0 aliphatic carbocycles. The minimum absolute atomic E-state index is 0.326. The van der Waals surface area contributed by atoms with Crippen molar-refractivity contribution in [2.75, 3.05) is 44.3 Å². The van der Waals surface area contributed by atoms with E-state index in [4.69, 9.17) is 16.3 Å². The van der Waals surface area contributed by atoms with Gasteiger partial charge in [-0.2, -0.15) is 0 Å². The highest BCUT2D eigenvalue weighted by Gasteiger charge is 2.30. The number of anilines is 1. The second-order valence-corrected chi connectivity index (χ2v) is 7.16. The summed E-state index contributed by atoms with van der Waals surface area (Å²) in [5.41, 5.74) is 2.27. The molecule has 132 valence electrons. The predicted molar refractivity (Wildman–Crippen MR) is 94.9 cm³/mol. The molecule has 2 fully saturated rings. The van der Waals surface area contributed by atoms with Gasteiger partial charge in [0.25, 0.3) is 0 Å². The van der Waals surface area contributed by atoms with Crippen molar-refractivity contribution >= 4 is 23.3 Å². The van der Waals surface area contributed by atoms with Gasteiger partial charge >= 0.3 is 5.97 Å². The zero-order valence-corrected chi connectivity index (χ0v) is 14.8. The van der Waals surface area contributed by atoms with E-state index >= 15 is 0 Å². The summed E-state index contributed by atoms with van der Waals surface area (Å²) in [6.45, 7) is 6.32. The van der Waals surface area contributed by atoms with Crippen LogP contribution in [0.15, 0.2) is 18.2 Å². The van der Waals surface area contributed by atoms with Gasteiger partial charge in [0.1, 0.15) is 0 Å². The van der Waals surface area contributed by atoms with Gasteiger partial charge in [-0.25, -0.2) is 0 Å². The third-order valence-electron chi connectivity index (χ3n) is 5.15. The Morgan fingerprint density at radius 1 is 1.29 bits per heavy atom. The molecular formula is C18H25ClN2O3. The summed E-state index contributed by atoms with van der Waals surface area (Å²) < 4.78 is 5.46. The average Bonchev–Trinajstić information content (AvgIpc) is 2.84. The normalized spacial score (nSPS) is 23.9. The van der Waals surface area contributed by atoms with E-state index < -0.39 is 11.9 Å². The first kappa shape index (κ1) is 17.5. The second kappa shape index (κ2) is 7.72. The van der Waals surface area contributed by atoms with Crippen LogP contribution in [0.5, 0.6) is 0 Å². The summed E-state index contributed by atoms with van der Waals surface area (Å²) in [6, 6.07) is 6.66. The number of aliphatic carboxylic acids is 1. The van der Waals surface area contributed by atoms with Crippen LogP contribution in [0.25, 0.3) is 0 Å². The lowest BCUT2D eigenvalue weighted by atomic mass is 10.0. The van der Waals surface area contributed by atoms with Gasteiger partial charge in [-0.1, -0.05) is 17.7 Å². The summed E-state index contributed by atoms with van der Waals surface area (Å²) >= 11 is 6.24. The Morgan fingerprint density at radius 2 is 2.04 bits per heavy atom. The zero-order chi connectivity index (χ0) is 17.1. The summed E-state index contributed by atoms with van der Waals surface area (Å²) in [7, 11) is 0. The number of aryl methyl sites for hydroxylation is 1. The second-order valence-electron chi connectivity index (χ2n) is 6.76. The molecule has 2 aliphatic heterocycles. The summed E-state index contributed by atoms with van der Waals surface area (Å²) in [5, 5.41) is 10.1. The van der Waals surface area contributed by atoms with Gasteiger partial charge in [0.05, 0.1) is 19.1 Å². The van der Waals surface area contributed by atoms with Crippen molar-refractivity contribution in [2.45, 2.75) is 25.8 Å². The van der Waals surface area contributed by atoms with Crippen LogP contribution in [0.4, 0.5) is 5.69 Å². The van der Waals surface area contributed by atoms with E-state index in [1.165, 1.54) is 5.69 Å². The van der Waals surface area contributed by atoms with Crippen molar-refractivity contribution in [1.29, 1.82) is 0 Å². The maximum absolute atomic E-state index is 11.3. The summed E-state index contributed by atoms with van der Waals surface area (Å²) in [4.78, 5) is 16.0. The standard InChI is InChI=1S/C18H25ClN2O3/c1-13-2-3-16(10-17(13)19)20-6-4-15(5-7-20)21-8-9-24-12-14(11-21)18(22)23/h2-3,10,14-15H,4-9,11-12H2,1H3,(H,22,23). The molecule has 1 atom stereocenters. The fourth-order valence-electron chi connectivity index (χ4n) is 3.58. The van der Waals surface area contributed by atoms with E-state index in [-0.39, 0.29) is 0 Å². The molecule has 0 amide bonds. The number of piperidine rings is 1. The summed E-state index contributed by atoms with van der Waals surface area (Å²) in [5.74, 6) is -1.17. The number of rotatable bonds is 3. The van der Waals surface area contributed by atoms with Crippen molar-refractivity contribution < 1.29 is 14.6 Å². The Kier molecular flexibility index (Phi) is 5.64. The number of hydrogen-bond acceptors (Lipinski definition) is 4. The van der Waals surface area contributed by atoms with E-state index in [2.05, 4.69) is 21.9 Å². The lowest BCUT2D eigenvalue weighted by molar-refractivity contribution is -0.143. The third-order valence-corrected chi connectivity index (χ3v) is 5.55. The van der Waals surface area contributed by atoms with Crippen molar-refractivity contribution in [3.8, 4) is 0 Å². The first-order valence-corrected chi connectivity index (χ1v) is 8.98. The molecule has 0 saturated carbocycles. The van der Waals surface area contributed by atoms with Crippen LogP contribution in [0.2, 0.25) is 5.02 Å². The molecular weight excluding hydrogens is 328 g/mol. The molecule has 3 rings (SSSR count).